The van der Waals surface area contributed by atoms with E-state index < -0.39 is 0 Å². The fraction of sp³-hybridized carbons (Fsp3) is 0. The molecule has 1 heterocycles. The highest BCUT2D eigenvalue weighted by Gasteiger charge is 2.10. The molecule has 0 saturated heterocycles. The lowest BCUT2D eigenvalue weighted by Gasteiger charge is -2.05. The minimum atomic E-state index is -0.128. The van der Waals surface area contributed by atoms with Crippen molar-refractivity contribution in [3.05, 3.63) is 65.0 Å². The van der Waals surface area contributed by atoms with Crippen molar-refractivity contribution >= 4 is 50.2 Å². The molecule has 0 unspecified atom stereocenters. The van der Waals surface area contributed by atoms with E-state index in [1.54, 1.807) is 6.07 Å². The van der Waals surface area contributed by atoms with Crippen molar-refractivity contribution in [1.82, 2.24) is 0 Å². The first kappa shape index (κ1) is 13.7. The molecule has 1 amide bonds. The Labute approximate surface area is 131 Å². The molecule has 0 saturated carbocycles. The van der Waals surface area contributed by atoms with Gasteiger partial charge in [0.15, 0.2) is 0 Å². The predicted molar refractivity (Wildman–Crippen MR) is 92.1 cm³/mol. The van der Waals surface area contributed by atoms with Crippen LogP contribution in [-0.2, 0) is 0 Å². The Balaban J connectivity index is 1.85. The number of nitrogens with one attached hydrogen (secondary N) is 1. The zero-order chi connectivity index (χ0) is 14.8. The van der Waals surface area contributed by atoms with E-state index in [9.17, 15) is 4.79 Å². The standard InChI is InChI=1S/C16H12N2OS2/c17-15(20)11-5-3-6-12(8-11)18-16(19)14-9-10-4-1-2-7-13(10)21-14/h1-9H,(H2,17,20)(H,18,19). The van der Waals surface area contributed by atoms with Gasteiger partial charge in [-0.2, -0.15) is 0 Å². The third-order valence-corrected chi connectivity index (χ3v) is 4.40. The number of fused-ring (bicyclic) bond motifs is 1. The van der Waals surface area contributed by atoms with Crippen LogP contribution in [0.15, 0.2) is 54.6 Å². The minimum Gasteiger partial charge on any atom is -0.389 e. The normalized spacial score (nSPS) is 10.5. The molecule has 0 fully saturated rings. The maximum Gasteiger partial charge on any atom is 0.265 e. The van der Waals surface area contributed by atoms with Crippen LogP contribution in [0, 0.1) is 0 Å². The summed E-state index contributed by atoms with van der Waals surface area (Å²) in [7, 11) is 0. The van der Waals surface area contributed by atoms with Crippen LogP contribution in [0.4, 0.5) is 5.69 Å². The molecule has 3 aromatic rings. The van der Waals surface area contributed by atoms with Crippen molar-refractivity contribution in [3.63, 3.8) is 0 Å². The molecule has 0 aliphatic heterocycles. The van der Waals surface area contributed by atoms with Gasteiger partial charge in [-0.15, -0.1) is 11.3 Å². The number of thiophene rings is 1. The van der Waals surface area contributed by atoms with Gasteiger partial charge in [0.1, 0.15) is 4.99 Å². The molecular formula is C16H12N2OS2. The van der Waals surface area contributed by atoms with Crippen LogP contribution in [0.3, 0.4) is 0 Å². The number of hydrogen-bond acceptors (Lipinski definition) is 3. The maximum absolute atomic E-state index is 12.3. The van der Waals surface area contributed by atoms with Crippen molar-refractivity contribution in [2.75, 3.05) is 5.32 Å². The van der Waals surface area contributed by atoms with Gasteiger partial charge in [0.2, 0.25) is 0 Å². The molecule has 0 aliphatic rings. The van der Waals surface area contributed by atoms with Crippen LogP contribution in [0.1, 0.15) is 15.2 Å². The summed E-state index contributed by atoms with van der Waals surface area (Å²) in [6.07, 6.45) is 0. The van der Waals surface area contributed by atoms with Crippen LogP contribution in [-0.4, -0.2) is 10.9 Å². The second-order valence-corrected chi connectivity index (χ2v) is 6.07. The lowest BCUT2D eigenvalue weighted by Crippen LogP contribution is -2.12. The number of thiocarbonyl (C=S) groups is 1. The van der Waals surface area contributed by atoms with Crippen LogP contribution >= 0.6 is 23.6 Å². The Morgan fingerprint density at radius 3 is 2.67 bits per heavy atom. The number of carbonyl (C=O) groups excluding carboxylic acids is 1. The highest BCUT2D eigenvalue weighted by atomic mass is 32.1. The highest BCUT2D eigenvalue weighted by Crippen LogP contribution is 2.26. The van der Waals surface area contributed by atoms with E-state index in [-0.39, 0.29) is 5.91 Å². The Kier molecular flexibility index (Phi) is 3.68. The first-order chi connectivity index (χ1) is 10.1. The molecule has 21 heavy (non-hydrogen) atoms. The van der Waals surface area contributed by atoms with E-state index >= 15 is 0 Å². The quantitative estimate of drug-likeness (QED) is 0.724. The van der Waals surface area contributed by atoms with Crippen molar-refractivity contribution < 1.29 is 4.79 Å². The van der Waals surface area contributed by atoms with E-state index in [1.165, 1.54) is 11.3 Å². The summed E-state index contributed by atoms with van der Waals surface area (Å²) < 4.78 is 1.10. The number of amides is 1. The Morgan fingerprint density at radius 1 is 1.10 bits per heavy atom. The molecule has 2 aromatic carbocycles. The molecule has 0 bridgehead atoms. The van der Waals surface area contributed by atoms with Crippen molar-refractivity contribution in [2.24, 2.45) is 5.73 Å². The minimum absolute atomic E-state index is 0.128. The third-order valence-electron chi connectivity index (χ3n) is 3.05. The monoisotopic (exact) mass is 312 g/mol. The molecule has 1 aromatic heterocycles. The molecule has 0 radical (unpaired) electrons. The van der Waals surface area contributed by atoms with E-state index in [4.69, 9.17) is 18.0 Å². The average molecular weight is 312 g/mol. The third kappa shape index (κ3) is 2.94. The van der Waals surface area contributed by atoms with E-state index in [1.807, 2.05) is 48.5 Å². The average Bonchev–Trinajstić information content (AvgIpc) is 2.91. The van der Waals surface area contributed by atoms with Crippen LogP contribution in [0.2, 0.25) is 0 Å². The smallest absolute Gasteiger partial charge is 0.265 e. The SMILES string of the molecule is NC(=S)c1cccc(NC(=O)c2cc3ccccc3s2)c1. The summed E-state index contributed by atoms with van der Waals surface area (Å²) in [5.41, 5.74) is 7.01. The molecule has 5 heteroatoms. The van der Waals surface area contributed by atoms with Gasteiger partial charge in [0.25, 0.3) is 5.91 Å². The summed E-state index contributed by atoms with van der Waals surface area (Å²) in [4.78, 5) is 13.3. The number of rotatable bonds is 3. The number of nitrogens with two attached hydrogens (primary N) is 1. The van der Waals surface area contributed by atoms with Crippen LogP contribution in [0.5, 0.6) is 0 Å². The first-order valence-corrected chi connectivity index (χ1v) is 7.56. The molecule has 3 rings (SSSR count). The second-order valence-electron chi connectivity index (χ2n) is 4.55. The molecule has 104 valence electrons. The van der Waals surface area contributed by atoms with Gasteiger partial charge in [-0.3, -0.25) is 4.79 Å². The Bertz CT molecular complexity index is 806. The Morgan fingerprint density at radius 2 is 1.90 bits per heavy atom. The zero-order valence-electron chi connectivity index (χ0n) is 11.0. The van der Waals surface area contributed by atoms with Gasteiger partial charge in [-0.05, 0) is 29.7 Å². The van der Waals surface area contributed by atoms with Gasteiger partial charge < -0.3 is 11.1 Å². The first-order valence-electron chi connectivity index (χ1n) is 6.33. The van der Waals surface area contributed by atoms with Gasteiger partial charge in [0, 0.05) is 16.0 Å². The second kappa shape index (κ2) is 5.63. The fourth-order valence-electron chi connectivity index (χ4n) is 2.04. The van der Waals surface area contributed by atoms with Crippen LogP contribution < -0.4 is 11.1 Å². The largest absolute Gasteiger partial charge is 0.389 e. The molecule has 0 spiro atoms. The zero-order valence-corrected chi connectivity index (χ0v) is 12.6. The van der Waals surface area contributed by atoms with Gasteiger partial charge in [-0.25, -0.2) is 0 Å². The molecular weight excluding hydrogens is 300 g/mol. The molecule has 0 atom stereocenters. The topological polar surface area (TPSA) is 55.1 Å². The van der Waals surface area contributed by atoms with E-state index in [0.717, 1.165) is 15.6 Å². The van der Waals surface area contributed by atoms with E-state index in [2.05, 4.69) is 5.32 Å². The summed E-state index contributed by atoms with van der Waals surface area (Å²) in [6.45, 7) is 0. The molecule has 0 aliphatic carbocycles. The highest BCUT2D eigenvalue weighted by molar-refractivity contribution is 7.80. The van der Waals surface area contributed by atoms with Crippen molar-refractivity contribution in [3.8, 4) is 0 Å². The summed E-state index contributed by atoms with van der Waals surface area (Å²) in [5.74, 6) is -0.128. The van der Waals surface area contributed by atoms with Gasteiger partial charge in [0.05, 0.1) is 4.88 Å². The van der Waals surface area contributed by atoms with E-state index in [0.29, 0.717) is 15.6 Å². The van der Waals surface area contributed by atoms with Gasteiger partial charge >= 0.3 is 0 Å². The number of carbonyl (C=O) groups is 1. The number of hydrogen-bond donors (Lipinski definition) is 2. The number of anilines is 1. The summed E-state index contributed by atoms with van der Waals surface area (Å²) in [6, 6.07) is 17.0. The molecule has 3 N–H and O–H groups in total. The predicted octanol–water partition coefficient (Wildman–Crippen LogP) is 3.79. The maximum atomic E-state index is 12.3. The lowest BCUT2D eigenvalue weighted by atomic mass is 10.2. The number of benzene rings is 2. The van der Waals surface area contributed by atoms with Crippen molar-refractivity contribution in [1.29, 1.82) is 0 Å². The fourth-order valence-corrected chi connectivity index (χ4v) is 3.12. The van der Waals surface area contributed by atoms with Gasteiger partial charge in [-0.1, -0.05) is 42.5 Å². The summed E-state index contributed by atoms with van der Waals surface area (Å²) >= 11 is 6.41. The lowest BCUT2D eigenvalue weighted by molar-refractivity contribution is 0.103. The molecule has 3 nitrogen and oxygen atoms in total. The van der Waals surface area contributed by atoms with Crippen LogP contribution in [0.25, 0.3) is 10.1 Å². The Hall–Kier alpha value is -2.24. The van der Waals surface area contributed by atoms with Crippen molar-refractivity contribution in [2.45, 2.75) is 0 Å². The summed E-state index contributed by atoms with van der Waals surface area (Å²) in [5, 5.41) is 3.94.